The van der Waals surface area contributed by atoms with E-state index in [0.29, 0.717) is 5.69 Å². The Kier molecular flexibility index (Phi) is 3.73. The van der Waals surface area contributed by atoms with Gasteiger partial charge in [0.25, 0.3) is 10.0 Å². The predicted molar refractivity (Wildman–Crippen MR) is 80.9 cm³/mol. The molecule has 1 saturated carbocycles. The second-order valence-corrected chi connectivity index (χ2v) is 8.14. The molecule has 0 radical (unpaired) electrons. The van der Waals surface area contributed by atoms with Crippen molar-refractivity contribution >= 4 is 27.0 Å². The molecule has 1 aromatic carbocycles. The van der Waals surface area contributed by atoms with E-state index in [4.69, 9.17) is 5.73 Å². The van der Waals surface area contributed by atoms with Gasteiger partial charge in [0.15, 0.2) is 0 Å². The number of anilines is 1. The topological polar surface area (TPSA) is 63.4 Å². The van der Waals surface area contributed by atoms with E-state index in [1.165, 1.54) is 22.5 Å². The van der Waals surface area contributed by atoms with Gasteiger partial charge in [0, 0.05) is 23.7 Å². The number of benzene rings is 1. The van der Waals surface area contributed by atoms with Gasteiger partial charge in [-0.05, 0) is 36.6 Å². The monoisotopic (exact) mass is 326 g/mol. The maximum Gasteiger partial charge on any atom is 0.253 e. The number of sulfonamides is 1. The molecule has 1 fully saturated rings. The summed E-state index contributed by atoms with van der Waals surface area (Å²) < 4.78 is 40.1. The van der Waals surface area contributed by atoms with Crippen LogP contribution in [0.25, 0.3) is 0 Å². The van der Waals surface area contributed by atoms with Crippen LogP contribution in [0.1, 0.15) is 18.4 Å². The number of nitrogens with zero attached hydrogens (tertiary/aromatic N) is 1. The molecular weight excluding hydrogens is 311 g/mol. The molecule has 1 aromatic heterocycles. The quantitative estimate of drug-likeness (QED) is 0.919. The van der Waals surface area contributed by atoms with Gasteiger partial charge in [-0.2, -0.15) is 4.31 Å². The van der Waals surface area contributed by atoms with Crippen LogP contribution in [0.5, 0.6) is 0 Å². The first-order chi connectivity index (χ1) is 9.96. The molecule has 0 amide bonds. The van der Waals surface area contributed by atoms with Gasteiger partial charge in [-0.25, -0.2) is 12.8 Å². The maximum atomic E-state index is 13.0. The van der Waals surface area contributed by atoms with Crippen LogP contribution in [0, 0.1) is 5.82 Å². The fourth-order valence-electron chi connectivity index (χ4n) is 2.12. The molecule has 7 heteroatoms. The third-order valence-electron chi connectivity index (χ3n) is 3.36. The zero-order chi connectivity index (χ0) is 15.0. The molecule has 0 saturated heterocycles. The van der Waals surface area contributed by atoms with E-state index in [1.54, 1.807) is 17.5 Å². The molecule has 0 bridgehead atoms. The highest BCUT2D eigenvalue weighted by molar-refractivity contribution is 7.91. The molecule has 1 aliphatic carbocycles. The average Bonchev–Trinajstić information content (AvgIpc) is 3.18. The van der Waals surface area contributed by atoms with E-state index >= 15 is 0 Å². The molecule has 1 aliphatic rings. The van der Waals surface area contributed by atoms with Crippen molar-refractivity contribution in [1.82, 2.24) is 4.31 Å². The van der Waals surface area contributed by atoms with Gasteiger partial charge in [0.1, 0.15) is 10.0 Å². The predicted octanol–water partition coefficient (Wildman–Crippen LogP) is 2.82. The number of nitrogen functional groups attached to an aromatic ring is 1. The van der Waals surface area contributed by atoms with E-state index in [9.17, 15) is 12.8 Å². The molecule has 112 valence electrons. The number of halogens is 1. The molecule has 0 aliphatic heterocycles. The summed E-state index contributed by atoms with van der Waals surface area (Å²) in [7, 11) is -3.55. The third-order valence-corrected chi connectivity index (χ3v) is 6.70. The lowest BCUT2D eigenvalue weighted by atomic mass is 10.2. The van der Waals surface area contributed by atoms with Crippen molar-refractivity contribution in [3.63, 3.8) is 0 Å². The molecule has 2 N–H and O–H groups in total. The molecule has 0 unspecified atom stereocenters. The van der Waals surface area contributed by atoms with Crippen LogP contribution < -0.4 is 5.73 Å². The zero-order valence-electron chi connectivity index (χ0n) is 11.2. The van der Waals surface area contributed by atoms with Crippen molar-refractivity contribution in [2.45, 2.75) is 29.6 Å². The number of rotatable bonds is 5. The van der Waals surface area contributed by atoms with Crippen molar-refractivity contribution in [2.24, 2.45) is 0 Å². The second kappa shape index (κ2) is 5.40. The molecule has 0 atom stereocenters. The Morgan fingerprint density at radius 2 is 1.95 bits per heavy atom. The Labute approximate surface area is 127 Å². The largest absolute Gasteiger partial charge is 0.398 e. The lowest BCUT2D eigenvalue weighted by Gasteiger charge is -2.21. The van der Waals surface area contributed by atoms with E-state index in [-0.39, 0.29) is 22.6 Å². The summed E-state index contributed by atoms with van der Waals surface area (Å²) >= 11 is 1.13. The van der Waals surface area contributed by atoms with Crippen LogP contribution in [0.4, 0.5) is 10.1 Å². The van der Waals surface area contributed by atoms with Gasteiger partial charge >= 0.3 is 0 Å². The molecule has 0 spiro atoms. The molecule has 2 aromatic rings. The smallest absolute Gasteiger partial charge is 0.253 e. The summed E-state index contributed by atoms with van der Waals surface area (Å²) in [5.41, 5.74) is 6.85. The fraction of sp³-hybridized carbons (Fsp3) is 0.286. The Morgan fingerprint density at radius 1 is 1.29 bits per heavy atom. The van der Waals surface area contributed by atoms with Gasteiger partial charge in [-0.1, -0.05) is 12.1 Å². The first kappa shape index (κ1) is 14.5. The van der Waals surface area contributed by atoms with Crippen LogP contribution in [0.15, 0.2) is 39.9 Å². The van der Waals surface area contributed by atoms with Crippen LogP contribution >= 0.6 is 11.3 Å². The second-order valence-electron chi connectivity index (χ2n) is 5.11. The molecule has 3 rings (SSSR count). The van der Waals surface area contributed by atoms with Crippen LogP contribution in [-0.4, -0.2) is 18.8 Å². The van der Waals surface area contributed by atoms with Crippen molar-refractivity contribution in [3.8, 4) is 0 Å². The molecule has 21 heavy (non-hydrogen) atoms. The van der Waals surface area contributed by atoms with Crippen molar-refractivity contribution < 1.29 is 12.8 Å². The van der Waals surface area contributed by atoms with Gasteiger partial charge in [-0.3, -0.25) is 0 Å². The molecular formula is C14H15FN2O2S2. The fourth-order valence-corrected chi connectivity index (χ4v) is 5.00. The van der Waals surface area contributed by atoms with E-state index < -0.39 is 10.0 Å². The third kappa shape index (κ3) is 3.09. The summed E-state index contributed by atoms with van der Waals surface area (Å²) in [6, 6.07) is 7.43. The number of thiophene rings is 1. The Bertz CT molecular complexity index is 737. The minimum atomic E-state index is -3.55. The lowest BCUT2D eigenvalue weighted by molar-refractivity contribution is 0.399. The van der Waals surface area contributed by atoms with E-state index in [0.717, 1.165) is 29.7 Å². The van der Waals surface area contributed by atoms with E-state index in [2.05, 4.69) is 0 Å². The van der Waals surface area contributed by atoms with Crippen LogP contribution in [0.2, 0.25) is 0 Å². The highest BCUT2D eigenvalue weighted by Gasteiger charge is 2.38. The SMILES string of the molecule is Nc1csc(S(=O)(=O)N(Cc2ccc(F)cc2)C2CC2)c1. The van der Waals surface area contributed by atoms with Gasteiger partial charge in [0.2, 0.25) is 0 Å². The minimum Gasteiger partial charge on any atom is -0.398 e. The molecule has 1 heterocycles. The Hall–Kier alpha value is -1.44. The van der Waals surface area contributed by atoms with Crippen molar-refractivity contribution in [1.29, 1.82) is 0 Å². The zero-order valence-corrected chi connectivity index (χ0v) is 12.8. The van der Waals surface area contributed by atoms with Gasteiger partial charge < -0.3 is 5.73 Å². The highest BCUT2D eigenvalue weighted by Crippen LogP contribution is 2.35. The normalized spacial score (nSPS) is 15.5. The summed E-state index contributed by atoms with van der Waals surface area (Å²) in [5.74, 6) is -0.328. The van der Waals surface area contributed by atoms with Crippen LogP contribution in [0.3, 0.4) is 0 Å². The van der Waals surface area contributed by atoms with Crippen molar-refractivity contribution in [2.75, 3.05) is 5.73 Å². The first-order valence-corrected chi connectivity index (χ1v) is 8.89. The summed E-state index contributed by atoms with van der Waals surface area (Å²) in [6.45, 7) is 0.255. The molecule has 4 nitrogen and oxygen atoms in total. The first-order valence-electron chi connectivity index (χ1n) is 6.57. The van der Waals surface area contributed by atoms with E-state index in [1.807, 2.05) is 0 Å². The summed E-state index contributed by atoms with van der Waals surface area (Å²) in [6.07, 6.45) is 1.72. The standard InChI is InChI=1S/C14H15FN2O2S2/c15-11-3-1-10(2-4-11)8-17(13-5-6-13)21(18,19)14-7-12(16)9-20-14/h1-4,7,9,13H,5-6,8,16H2. The highest BCUT2D eigenvalue weighted by atomic mass is 32.2. The number of hydrogen-bond donors (Lipinski definition) is 1. The van der Waals surface area contributed by atoms with Crippen molar-refractivity contribution in [3.05, 3.63) is 47.1 Å². The average molecular weight is 326 g/mol. The number of nitrogens with two attached hydrogens (primary N) is 1. The number of hydrogen-bond acceptors (Lipinski definition) is 4. The lowest BCUT2D eigenvalue weighted by Crippen LogP contribution is -2.32. The minimum absolute atomic E-state index is 0.0309. The Balaban J connectivity index is 1.89. The van der Waals surface area contributed by atoms with Gasteiger partial charge in [-0.15, -0.1) is 11.3 Å². The van der Waals surface area contributed by atoms with Crippen LogP contribution in [-0.2, 0) is 16.6 Å². The maximum absolute atomic E-state index is 13.0. The van der Waals surface area contributed by atoms with Gasteiger partial charge in [0.05, 0.1) is 0 Å². The summed E-state index contributed by atoms with van der Waals surface area (Å²) in [4.78, 5) is 0. The summed E-state index contributed by atoms with van der Waals surface area (Å²) in [5, 5.41) is 1.62. The Morgan fingerprint density at radius 3 is 2.48 bits per heavy atom.